The molecule has 5 heteroatoms. The van der Waals surface area contributed by atoms with E-state index in [-0.39, 0.29) is 0 Å². The van der Waals surface area contributed by atoms with Gasteiger partial charge in [-0.1, -0.05) is 23.7 Å². The van der Waals surface area contributed by atoms with E-state index in [1.807, 2.05) is 47.0 Å². The molecule has 0 fully saturated rings. The lowest BCUT2D eigenvalue weighted by Crippen LogP contribution is -1.95. The summed E-state index contributed by atoms with van der Waals surface area (Å²) in [5.74, 6) is 0.780. The first-order valence-corrected chi connectivity index (χ1v) is 6.53. The zero-order chi connectivity index (χ0) is 13.4. The van der Waals surface area contributed by atoms with Crippen LogP contribution in [0, 0.1) is 4.77 Å². The summed E-state index contributed by atoms with van der Waals surface area (Å²) in [5, 5.41) is 0.655. The molecule has 0 bridgehead atoms. The second-order valence-electron chi connectivity index (χ2n) is 4.10. The smallest absolute Gasteiger partial charge is 0.182 e. The maximum atomic E-state index is 6.25. The molecule has 3 aromatic rings. The number of halogens is 1. The Kier molecular flexibility index (Phi) is 3.05. The van der Waals surface area contributed by atoms with E-state index >= 15 is 0 Å². The van der Waals surface area contributed by atoms with Gasteiger partial charge in [-0.15, -0.1) is 0 Å². The van der Waals surface area contributed by atoms with E-state index in [1.165, 1.54) is 0 Å². The van der Waals surface area contributed by atoms with Gasteiger partial charge in [-0.05, 0) is 36.5 Å². The number of hydrogen-bond acceptors (Lipinski definition) is 2. The third-order valence-corrected chi connectivity index (χ3v) is 3.59. The number of H-pyrrole nitrogens is 1. The average molecular weight is 291 g/mol. The Morgan fingerprint density at radius 2 is 2.00 bits per heavy atom. The SMILES string of the molecule is COc1ccc2[nH]c(=S)n(-c3ccccc3Cl)c2c1. The van der Waals surface area contributed by atoms with Crippen LogP contribution in [0.15, 0.2) is 42.5 Å². The number of methoxy groups -OCH3 is 1. The highest BCUT2D eigenvalue weighted by Gasteiger charge is 2.10. The van der Waals surface area contributed by atoms with Gasteiger partial charge in [0.1, 0.15) is 5.75 Å². The molecule has 0 atom stereocenters. The number of benzene rings is 2. The first-order valence-electron chi connectivity index (χ1n) is 5.74. The lowest BCUT2D eigenvalue weighted by atomic mass is 10.2. The van der Waals surface area contributed by atoms with Crippen molar-refractivity contribution < 1.29 is 4.74 Å². The molecule has 0 aliphatic rings. The van der Waals surface area contributed by atoms with Crippen molar-refractivity contribution in [2.24, 2.45) is 0 Å². The molecule has 0 aliphatic carbocycles. The molecule has 2 aromatic carbocycles. The van der Waals surface area contributed by atoms with Crippen LogP contribution in [0.25, 0.3) is 16.7 Å². The van der Waals surface area contributed by atoms with Gasteiger partial charge in [0.25, 0.3) is 0 Å². The minimum absolute atomic E-state index is 0.608. The summed E-state index contributed by atoms with van der Waals surface area (Å²) < 4.78 is 7.78. The minimum atomic E-state index is 0.608. The van der Waals surface area contributed by atoms with Gasteiger partial charge in [-0.25, -0.2) is 0 Å². The minimum Gasteiger partial charge on any atom is -0.497 e. The van der Waals surface area contributed by atoms with E-state index in [0.717, 1.165) is 22.5 Å². The third-order valence-electron chi connectivity index (χ3n) is 2.98. The van der Waals surface area contributed by atoms with Crippen molar-refractivity contribution >= 4 is 34.9 Å². The number of fused-ring (bicyclic) bond motifs is 1. The molecule has 96 valence electrons. The van der Waals surface area contributed by atoms with Crippen molar-refractivity contribution in [3.8, 4) is 11.4 Å². The summed E-state index contributed by atoms with van der Waals surface area (Å²) in [5.41, 5.74) is 2.75. The van der Waals surface area contributed by atoms with Crippen molar-refractivity contribution in [2.75, 3.05) is 7.11 Å². The molecular weight excluding hydrogens is 280 g/mol. The molecule has 19 heavy (non-hydrogen) atoms. The number of nitrogens with zero attached hydrogens (tertiary/aromatic N) is 1. The summed E-state index contributed by atoms with van der Waals surface area (Å²) in [6.45, 7) is 0. The first kappa shape index (κ1) is 12.3. The molecule has 3 rings (SSSR count). The average Bonchev–Trinajstić information content (AvgIpc) is 2.74. The lowest BCUT2D eigenvalue weighted by molar-refractivity contribution is 0.415. The number of imidazole rings is 1. The summed E-state index contributed by atoms with van der Waals surface area (Å²) >= 11 is 11.6. The zero-order valence-corrected chi connectivity index (χ0v) is 11.8. The van der Waals surface area contributed by atoms with Crippen LogP contribution in [0.3, 0.4) is 0 Å². The fourth-order valence-electron chi connectivity index (χ4n) is 2.08. The molecule has 0 amide bonds. The predicted molar refractivity (Wildman–Crippen MR) is 80.0 cm³/mol. The summed E-state index contributed by atoms with van der Waals surface area (Å²) in [4.78, 5) is 3.17. The number of nitrogens with one attached hydrogen (secondary N) is 1. The summed E-state index contributed by atoms with van der Waals surface area (Å²) in [7, 11) is 1.64. The van der Waals surface area contributed by atoms with E-state index in [0.29, 0.717) is 9.79 Å². The topological polar surface area (TPSA) is 29.9 Å². The van der Waals surface area contributed by atoms with Crippen LogP contribution in [0.4, 0.5) is 0 Å². The molecule has 0 saturated heterocycles. The molecule has 3 nitrogen and oxygen atoms in total. The fourth-order valence-corrected chi connectivity index (χ4v) is 2.61. The summed E-state index contributed by atoms with van der Waals surface area (Å²) in [6, 6.07) is 13.4. The van der Waals surface area contributed by atoms with Crippen LogP contribution >= 0.6 is 23.8 Å². The number of hydrogen-bond donors (Lipinski definition) is 1. The number of para-hydroxylation sites is 1. The van der Waals surface area contributed by atoms with Crippen LogP contribution in [0.5, 0.6) is 5.75 Å². The molecule has 0 radical (unpaired) electrons. The van der Waals surface area contributed by atoms with E-state index in [4.69, 9.17) is 28.6 Å². The monoisotopic (exact) mass is 290 g/mol. The standard InChI is InChI=1S/C14H11ClN2OS/c1-18-9-6-7-11-13(8-9)17(14(19)16-11)12-5-3-2-4-10(12)15/h2-8H,1H3,(H,16,19). The molecule has 0 saturated carbocycles. The Bertz CT molecular complexity index is 807. The summed E-state index contributed by atoms with van der Waals surface area (Å²) in [6.07, 6.45) is 0. The highest BCUT2D eigenvalue weighted by molar-refractivity contribution is 7.71. The Morgan fingerprint density at radius 3 is 2.74 bits per heavy atom. The van der Waals surface area contributed by atoms with Crippen LogP contribution in [-0.4, -0.2) is 16.7 Å². The third kappa shape index (κ3) is 2.03. The number of rotatable bonds is 2. The van der Waals surface area contributed by atoms with E-state index < -0.39 is 0 Å². The molecule has 1 aromatic heterocycles. The van der Waals surface area contributed by atoms with Crippen molar-refractivity contribution in [1.82, 2.24) is 9.55 Å². The molecule has 0 aliphatic heterocycles. The Balaban J connectivity index is 2.37. The fraction of sp³-hybridized carbons (Fsp3) is 0.0714. The second-order valence-corrected chi connectivity index (χ2v) is 4.89. The van der Waals surface area contributed by atoms with E-state index in [9.17, 15) is 0 Å². The van der Waals surface area contributed by atoms with Crippen LogP contribution in [0.1, 0.15) is 0 Å². The molecule has 1 heterocycles. The van der Waals surface area contributed by atoms with Crippen LogP contribution in [0.2, 0.25) is 5.02 Å². The number of aromatic amines is 1. The van der Waals surface area contributed by atoms with Gasteiger partial charge in [-0.3, -0.25) is 4.57 Å². The molecule has 0 spiro atoms. The number of aromatic nitrogens is 2. The Morgan fingerprint density at radius 1 is 1.21 bits per heavy atom. The van der Waals surface area contributed by atoms with Gasteiger partial charge in [0.15, 0.2) is 4.77 Å². The van der Waals surface area contributed by atoms with Gasteiger partial charge in [0, 0.05) is 6.07 Å². The largest absolute Gasteiger partial charge is 0.497 e. The second kappa shape index (κ2) is 4.72. The first-order chi connectivity index (χ1) is 9.20. The van der Waals surface area contributed by atoms with E-state index in [2.05, 4.69) is 4.98 Å². The van der Waals surface area contributed by atoms with Crippen LogP contribution in [-0.2, 0) is 0 Å². The van der Waals surface area contributed by atoms with Crippen molar-refractivity contribution in [3.63, 3.8) is 0 Å². The van der Waals surface area contributed by atoms with Gasteiger partial charge in [0.05, 0.1) is 28.9 Å². The van der Waals surface area contributed by atoms with Crippen molar-refractivity contribution in [2.45, 2.75) is 0 Å². The molecule has 1 N–H and O–H groups in total. The lowest BCUT2D eigenvalue weighted by Gasteiger charge is -2.07. The van der Waals surface area contributed by atoms with Crippen molar-refractivity contribution in [3.05, 3.63) is 52.3 Å². The highest BCUT2D eigenvalue weighted by atomic mass is 35.5. The highest BCUT2D eigenvalue weighted by Crippen LogP contribution is 2.27. The van der Waals surface area contributed by atoms with Gasteiger partial charge in [-0.2, -0.15) is 0 Å². The number of ether oxygens (including phenoxy) is 1. The van der Waals surface area contributed by atoms with Gasteiger partial charge < -0.3 is 9.72 Å². The Labute approximate surface area is 120 Å². The maximum Gasteiger partial charge on any atom is 0.182 e. The predicted octanol–water partition coefficient (Wildman–Crippen LogP) is 4.35. The van der Waals surface area contributed by atoms with Crippen LogP contribution < -0.4 is 4.74 Å². The zero-order valence-electron chi connectivity index (χ0n) is 10.2. The van der Waals surface area contributed by atoms with Crippen molar-refractivity contribution in [1.29, 1.82) is 0 Å². The quantitative estimate of drug-likeness (QED) is 0.711. The van der Waals surface area contributed by atoms with Gasteiger partial charge >= 0.3 is 0 Å². The Hall–Kier alpha value is -1.78. The molecule has 0 unspecified atom stereocenters. The maximum absolute atomic E-state index is 6.25. The molecular formula is C14H11ClN2OS. The van der Waals surface area contributed by atoms with Gasteiger partial charge in [0.2, 0.25) is 0 Å². The normalized spacial score (nSPS) is 10.8. The van der Waals surface area contributed by atoms with E-state index in [1.54, 1.807) is 7.11 Å².